The molecule has 19 heavy (non-hydrogen) atoms. The molecule has 0 saturated carbocycles. The largest absolute Gasteiger partial charge is 0.497 e. The molecule has 0 bridgehead atoms. The van der Waals surface area contributed by atoms with Gasteiger partial charge in [-0.3, -0.25) is 4.98 Å². The number of benzene rings is 1. The highest BCUT2D eigenvalue weighted by molar-refractivity contribution is 5.37. The van der Waals surface area contributed by atoms with E-state index >= 15 is 0 Å². The molecule has 1 aliphatic rings. The third-order valence-corrected chi connectivity index (χ3v) is 4.02. The fourth-order valence-electron chi connectivity index (χ4n) is 2.96. The Kier molecular flexibility index (Phi) is 3.49. The van der Waals surface area contributed by atoms with E-state index in [0.717, 1.165) is 24.5 Å². The first kappa shape index (κ1) is 12.2. The average molecular weight is 253 g/mol. The third kappa shape index (κ3) is 2.78. The smallest absolute Gasteiger partial charge is 0.119 e. The number of ether oxygens (including phenoxy) is 1. The molecule has 1 aliphatic carbocycles. The Morgan fingerprint density at radius 3 is 2.79 bits per heavy atom. The van der Waals surface area contributed by atoms with E-state index in [9.17, 15) is 0 Å². The van der Waals surface area contributed by atoms with Crippen molar-refractivity contribution in [2.24, 2.45) is 5.92 Å². The Bertz CT molecular complexity index is 550. The summed E-state index contributed by atoms with van der Waals surface area (Å²) < 4.78 is 5.33. The van der Waals surface area contributed by atoms with Gasteiger partial charge < -0.3 is 4.74 Å². The van der Waals surface area contributed by atoms with Crippen molar-refractivity contribution in [1.82, 2.24) is 4.98 Å². The van der Waals surface area contributed by atoms with Gasteiger partial charge in [0.05, 0.1) is 7.11 Å². The summed E-state index contributed by atoms with van der Waals surface area (Å²) in [5.74, 6) is 1.71. The summed E-state index contributed by atoms with van der Waals surface area (Å²) in [5.41, 5.74) is 4.35. The summed E-state index contributed by atoms with van der Waals surface area (Å²) in [6.07, 6.45) is 8.55. The molecule has 0 N–H and O–H groups in total. The maximum absolute atomic E-state index is 5.33. The van der Waals surface area contributed by atoms with Gasteiger partial charge in [0.25, 0.3) is 0 Å². The van der Waals surface area contributed by atoms with Gasteiger partial charge in [-0.15, -0.1) is 0 Å². The third-order valence-electron chi connectivity index (χ3n) is 4.02. The second-order valence-corrected chi connectivity index (χ2v) is 5.30. The fourth-order valence-corrected chi connectivity index (χ4v) is 2.96. The second kappa shape index (κ2) is 5.43. The van der Waals surface area contributed by atoms with Gasteiger partial charge >= 0.3 is 0 Å². The molecule has 0 fully saturated rings. The molecule has 0 amide bonds. The van der Waals surface area contributed by atoms with Crippen LogP contribution in [-0.2, 0) is 19.3 Å². The van der Waals surface area contributed by atoms with Gasteiger partial charge in [-0.05, 0) is 72.6 Å². The van der Waals surface area contributed by atoms with Crippen molar-refractivity contribution in [3.05, 3.63) is 59.4 Å². The number of pyridine rings is 1. The van der Waals surface area contributed by atoms with Crippen molar-refractivity contribution in [3.8, 4) is 5.75 Å². The number of aryl methyl sites for hydroxylation is 1. The summed E-state index contributed by atoms with van der Waals surface area (Å²) in [5, 5.41) is 0. The van der Waals surface area contributed by atoms with Crippen LogP contribution < -0.4 is 4.74 Å². The summed E-state index contributed by atoms with van der Waals surface area (Å²) in [7, 11) is 1.74. The lowest BCUT2D eigenvalue weighted by molar-refractivity contribution is 0.410. The Hall–Kier alpha value is -1.83. The SMILES string of the molecule is COc1ccc2c(c1)C[C@@H](Cc1ccncc1)CC2. The number of hydrogen-bond acceptors (Lipinski definition) is 2. The molecule has 1 atom stereocenters. The number of nitrogens with zero attached hydrogens (tertiary/aromatic N) is 1. The molecule has 2 heteroatoms. The van der Waals surface area contributed by atoms with Crippen molar-refractivity contribution < 1.29 is 4.74 Å². The predicted molar refractivity (Wildman–Crippen MR) is 76.5 cm³/mol. The van der Waals surface area contributed by atoms with E-state index in [1.54, 1.807) is 7.11 Å². The first-order chi connectivity index (χ1) is 9.35. The minimum absolute atomic E-state index is 0.738. The standard InChI is InChI=1S/C17H19NO/c1-19-17-5-4-15-3-2-14(11-16(15)12-17)10-13-6-8-18-9-7-13/h4-9,12,14H,2-3,10-11H2,1H3/t14-/m1/s1. The Balaban J connectivity index is 1.74. The van der Waals surface area contributed by atoms with Crippen molar-refractivity contribution in [2.75, 3.05) is 7.11 Å². The van der Waals surface area contributed by atoms with Crippen LogP contribution in [0.1, 0.15) is 23.1 Å². The van der Waals surface area contributed by atoms with Gasteiger partial charge in [0.2, 0.25) is 0 Å². The highest BCUT2D eigenvalue weighted by Crippen LogP contribution is 2.30. The highest BCUT2D eigenvalue weighted by atomic mass is 16.5. The van der Waals surface area contributed by atoms with Gasteiger partial charge in [0.15, 0.2) is 0 Å². The van der Waals surface area contributed by atoms with E-state index < -0.39 is 0 Å². The molecule has 3 rings (SSSR count). The van der Waals surface area contributed by atoms with Crippen molar-refractivity contribution in [1.29, 1.82) is 0 Å². The molecule has 1 heterocycles. The molecule has 0 saturated heterocycles. The number of methoxy groups -OCH3 is 1. The number of fused-ring (bicyclic) bond motifs is 1. The zero-order valence-corrected chi connectivity index (χ0v) is 11.3. The number of rotatable bonds is 3. The zero-order chi connectivity index (χ0) is 13.1. The molecule has 0 radical (unpaired) electrons. The quantitative estimate of drug-likeness (QED) is 0.836. The van der Waals surface area contributed by atoms with Gasteiger partial charge in [-0.2, -0.15) is 0 Å². The van der Waals surface area contributed by atoms with Crippen LogP contribution in [0.5, 0.6) is 5.75 Å². The van der Waals surface area contributed by atoms with Crippen LogP contribution in [0.2, 0.25) is 0 Å². The van der Waals surface area contributed by atoms with E-state index in [2.05, 4.69) is 35.3 Å². The van der Waals surface area contributed by atoms with Crippen molar-refractivity contribution >= 4 is 0 Å². The molecular weight excluding hydrogens is 234 g/mol. The summed E-state index contributed by atoms with van der Waals surface area (Å²) >= 11 is 0. The summed E-state index contributed by atoms with van der Waals surface area (Å²) in [6.45, 7) is 0. The Labute approximate surface area is 114 Å². The van der Waals surface area contributed by atoms with E-state index in [-0.39, 0.29) is 0 Å². The van der Waals surface area contributed by atoms with E-state index in [1.807, 2.05) is 12.4 Å². The fraction of sp³-hybridized carbons (Fsp3) is 0.353. The van der Waals surface area contributed by atoms with E-state index in [0.29, 0.717) is 0 Å². The minimum Gasteiger partial charge on any atom is -0.497 e. The zero-order valence-electron chi connectivity index (χ0n) is 11.3. The molecule has 1 aromatic carbocycles. The lowest BCUT2D eigenvalue weighted by Crippen LogP contribution is -2.16. The monoisotopic (exact) mass is 253 g/mol. The molecule has 0 aliphatic heterocycles. The van der Waals surface area contributed by atoms with Crippen LogP contribution in [0.15, 0.2) is 42.7 Å². The first-order valence-corrected chi connectivity index (χ1v) is 6.90. The van der Waals surface area contributed by atoms with Gasteiger partial charge in [-0.1, -0.05) is 6.07 Å². The molecule has 98 valence electrons. The van der Waals surface area contributed by atoms with Crippen LogP contribution in [0.4, 0.5) is 0 Å². The van der Waals surface area contributed by atoms with Gasteiger partial charge in [0, 0.05) is 12.4 Å². The van der Waals surface area contributed by atoms with E-state index in [1.165, 1.54) is 29.5 Å². The first-order valence-electron chi connectivity index (χ1n) is 6.90. The summed E-state index contributed by atoms with van der Waals surface area (Å²) in [4.78, 5) is 4.08. The Morgan fingerprint density at radius 2 is 2.00 bits per heavy atom. The summed E-state index contributed by atoms with van der Waals surface area (Å²) in [6, 6.07) is 10.7. The molecule has 1 aromatic heterocycles. The van der Waals surface area contributed by atoms with Crippen LogP contribution in [-0.4, -0.2) is 12.1 Å². The van der Waals surface area contributed by atoms with Crippen LogP contribution in [0.25, 0.3) is 0 Å². The van der Waals surface area contributed by atoms with Crippen LogP contribution >= 0.6 is 0 Å². The molecular formula is C17H19NO. The maximum atomic E-state index is 5.33. The molecule has 2 nitrogen and oxygen atoms in total. The lowest BCUT2D eigenvalue weighted by Gasteiger charge is -2.25. The maximum Gasteiger partial charge on any atom is 0.119 e. The van der Waals surface area contributed by atoms with E-state index in [4.69, 9.17) is 4.74 Å². The Morgan fingerprint density at radius 1 is 1.16 bits per heavy atom. The average Bonchev–Trinajstić information content (AvgIpc) is 2.47. The molecule has 2 aromatic rings. The van der Waals surface area contributed by atoms with Crippen molar-refractivity contribution in [2.45, 2.75) is 25.7 Å². The molecule has 0 spiro atoms. The molecule has 0 unspecified atom stereocenters. The minimum atomic E-state index is 0.738. The van der Waals surface area contributed by atoms with Gasteiger partial charge in [0.1, 0.15) is 5.75 Å². The number of aromatic nitrogens is 1. The number of hydrogen-bond donors (Lipinski definition) is 0. The predicted octanol–water partition coefficient (Wildman–Crippen LogP) is 3.44. The normalized spacial score (nSPS) is 17.8. The van der Waals surface area contributed by atoms with Crippen molar-refractivity contribution in [3.63, 3.8) is 0 Å². The van der Waals surface area contributed by atoms with Crippen LogP contribution in [0.3, 0.4) is 0 Å². The lowest BCUT2D eigenvalue weighted by atomic mass is 9.81. The topological polar surface area (TPSA) is 22.1 Å². The van der Waals surface area contributed by atoms with Gasteiger partial charge in [-0.25, -0.2) is 0 Å². The second-order valence-electron chi connectivity index (χ2n) is 5.30. The van der Waals surface area contributed by atoms with Crippen LogP contribution in [0, 0.1) is 5.92 Å². The highest BCUT2D eigenvalue weighted by Gasteiger charge is 2.19.